The lowest BCUT2D eigenvalue weighted by Crippen LogP contribution is -2.44. The van der Waals surface area contributed by atoms with Crippen LogP contribution in [-0.4, -0.2) is 24.0 Å². The molecule has 0 bridgehead atoms. The molecule has 0 radical (unpaired) electrons. The van der Waals surface area contributed by atoms with E-state index in [1.165, 1.54) is 44.2 Å². The first-order valence-electron chi connectivity index (χ1n) is 7.47. The zero-order chi connectivity index (χ0) is 13.7. The van der Waals surface area contributed by atoms with E-state index in [0.29, 0.717) is 12.6 Å². The van der Waals surface area contributed by atoms with Gasteiger partial charge < -0.3 is 5.73 Å². The molecule has 3 heteroatoms. The molecule has 1 saturated heterocycles. The van der Waals surface area contributed by atoms with Gasteiger partial charge in [0.2, 0.25) is 0 Å². The van der Waals surface area contributed by atoms with Gasteiger partial charge in [0.1, 0.15) is 5.82 Å². The summed E-state index contributed by atoms with van der Waals surface area (Å²) in [7, 11) is 0. The molecule has 2 atom stereocenters. The van der Waals surface area contributed by atoms with Crippen LogP contribution in [0.3, 0.4) is 0 Å². The van der Waals surface area contributed by atoms with E-state index in [1.807, 2.05) is 12.1 Å². The summed E-state index contributed by atoms with van der Waals surface area (Å²) in [6, 6.07) is 7.71. The molecule has 0 spiro atoms. The summed E-state index contributed by atoms with van der Waals surface area (Å²) in [6.07, 6.45) is 6.28. The molecule has 19 heavy (non-hydrogen) atoms. The third kappa shape index (κ3) is 3.54. The predicted molar refractivity (Wildman–Crippen MR) is 77.4 cm³/mol. The van der Waals surface area contributed by atoms with E-state index in [4.69, 9.17) is 5.73 Å². The zero-order valence-electron chi connectivity index (χ0n) is 11.8. The van der Waals surface area contributed by atoms with Crippen molar-refractivity contribution in [1.29, 1.82) is 0 Å². The maximum atomic E-state index is 13.0. The monoisotopic (exact) mass is 264 g/mol. The number of halogens is 1. The van der Waals surface area contributed by atoms with Crippen LogP contribution in [0.1, 0.15) is 50.6 Å². The van der Waals surface area contributed by atoms with E-state index in [-0.39, 0.29) is 11.9 Å². The minimum Gasteiger partial charge on any atom is -0.329 e. The Kier molecular flexibility index (Phi) is 5.34. The standard InChI is InChI=1S/C16H25FN2/c1-2-5-15-6-3-4-11-19(15)16(12-18)13-7-9-14(17)10-8-13/h7-10,15-16H,2-6,11-12,18H2,1H3. The fourth-order valence-electron chi connectivity index (χ4n) is 3.22. The van der Waals surface area contributed by atoms with Crippen LogP contribution in [0.2, 0.25) is 0 Å². The van der Waals surface area contributed by atoms with Crippen molar-refractivity contribution >= 4 is 0 Å². The van der Waals surface area contributed by atoms with E-state index < -0.39 is 0 Å². The van der Waals surface area contributed by atoms with Crippen molar-refractivity contribution in [1.82, 2.24) is 4.90 Å². The summed E-state index contributed by atoms with van der Waals surface area (Å²) in [4.78, 5) is 2.54. The number of piperidine rings is 1. The van der Waals surface area contributed by atoms with E-state index in [2.05, 4.69) is 11.8 Å². The van der Waals surface area contributed by atoms with Gasteiger partial charge in [0.25, 0.3) is 0 Å². The Balaban J connectivity index is 2.16. The smallest absolute Gasteiger partial charge is 0.123 e. The number of hydrogen-bond acceptors (Lipinski definition) is 2. The first-order chi connectivity index (χ1) is 9.26. The second-order valence-electron chi connectivity index (χ2n) is 5.48. The van der Waals surface area contributed by atoms with E-state index in [9.17, 15) is 4.39 Å². The molecule has 1 aliphatic rings. The normalized spacial score (nSPS) is 22.4. The van der Waals surface area contributed by atoms with Gasteiger partial charge in [0.05, 0.1) is 0 Å². The SMILES string of the molecule is CCCC1CCCCN1C(CN)c1ccc(F)cc1. The van der Waals surface area contributed by atoms with Gasteiger partial charge in [0.15, 0.2) is 0 Å². The number of nitrogens with two attached hydrogens (primary N) is 1. The second kappa shape index (κ2) is 7.01. The maximum Gasteiger partial charge on any atom is 0.123 e. The Labute approximate surface area is 115 Å². The van der Waals surface area contributed by atoms with Crippen molar-refractivity contribution < 1.29 is 4.39 Å². The number of benzene rings is 1. The first-order valence-corrected chi connectivity index (χ1v) is 7.47. The molecular formula is C16H25FN2. The molecule has 0 amide bonds. The topological polar surface area (TPSA) is 29.3 Å². The van der Waals surface area contributed by atoms with Crippen LogP contribution in [0.4, 0.5) is 4.39 Å². The molecule has 1 heterocycles. The molecule has 106 valence electrons. The molecule has 0 aromatic heterocycles. The van der Waals surface area contributed by atoms with Gasteiger partial charge in [0, 0.05) is 18.6 Å². The van der Waals surface area contributed by atoms with Gasteiger partial charge in [-0.05, 0) is 43.5 Å². The zero-order valence-corrected chi connectivity index (χ0v) is 11.8. The van der Waals surface area contributed by atoms with E-state index in [1.54, 1.807) is 0 Å². The van der Waals surface area contributed by atoms with Crippen LogP contribution < -0.4 is 5.73 Å². The molecule has 0 aliphatic carbocycles. The summed E-state index contributed by atoms with van der Waals surface area (Å²) in [5.74, 6) is -0.178. The molecule has 2 rings (SSSR count). The average Bonchev–Trinajstić information content (AvgIpc) is 2.44. The van der Waals surface area contributed by atoms with Crippen LogP contribution in [0, 0.1) is 5.82 Å². The van der Waals surface area contributed by atoms with Crippen molar-refractivity contribution in [3.8, 4) is 0 Å². The predicted octanol–water partition coefficient (Wildman–Crippen LogP) is 3.48. The van der Waals surface area contributed by atoms with Crippen LogP contribution in [0.15, 0.2) is 24.3 Å². The Morgan fingerprint density at radius 3 is 2.68 bits per heavy atom. The van der Waals surface area contributed by atoms with Crippen LogP contribution in [0.25, 0.3) is 0 Å². The Morgan fingerprint density at radius 1 is 1.32 bits per heavy atom. The molecule has 2 nitrogen and oxygen atoms in total. The Bertz CT molecular complexity index is 375. The second-order valence-corrected chi connectivity index (χ2v) is 5.48. The molecule has 1 aromatic carbocycles. The van der Waals surface area contributed by atoms with Crippen molar-refractivity contribution in [2.75, 3.05) is 13.1 Å². The summed E-state index contributed by atoms with van der Waals surface area (Å²) in [6.45, 7) is 3.96. The summed E-state index contributed by atoms with van der Waals surface area (Å²) >= 11 is 0. The molecule has 1 aromatic rings. The van der Waals surface area contributed by atoms with Gasteiger partial charge in [-0.1, -0.05) is 31.9 Å². The lowest BCUT2D eigenvalue weighted by Gasteiger charge is -2.41. The third-order valence-electron chi connectivity index (χ3n) is 4.17. The van der Waals surface area contributed by atoms with Gasteiger partial charge in [-0.25, -0.2) is 4.39 Å². The minimum absolute atomic E-state index is 0.178. The molecule has 0 saturated carbocycles. The third-order valence-corrected chi connectivity index (χ3v) is 4.17. The number of hydrogen-bond donors (Lipinski definition) is 1. The van der Waals surface area contributed by atoms with Crippen molar-refractivity contribution in [2.45, 2.75) is 51.1 Å². The highest BCUT2D eigenvalue weighted by atomic mass is 19.1. The summed E-state index contributed by atoms with van der Waals surface area (Å²) in [5.41, 5.74) is 7.14. The summed E-state index contributed by atoms with van der Waals surface area (Å²) in [5, 5.41) is 0. The summed E-state index contributed by atoms with van der Waals surface area (Å²) < 4.78 is 13.0. The van der Waals surface area contributed by atoms with Crippen LogP contribution in [0.5, 0.6) is 0 Å². The van der Waals surface area contributed by atoms with Gasteiger partial charge in [-0.3, -0.25) is 4.90 Å². The lowest BCUT2D eigenvalue weighted by molar-refractivity contribution is 0.0912. The number of nitrogens with zero attached hydrogens (tertiary/aromatic N) is 1. The number of likely N-dealkylation sites (tertiary alicyclic amines) is 1. The largest absolute Gasteiger partial charge is 0.329 e. The average molecular weight is 264 g/mol. The van der Waals surface area contributed by atoms with Gasteiger partial charge in [-0.15, -0.1) is 0 Å². The minimum atomic E-state index is -0.178. The van der Waals surface area contributed by atoms with Crippen LogP contribution >= 0.6 is 0 Å². The Hall–Kier alpha value is -0.930. The molecule has 2 N–H and O–H groups in total. The highest BCUT2D eigenvalue weighted by Crippen LogP contribution is 2.30. The fourth-order valence-corrected chi connectivity index (χ4v) is 3.22. The van der Waals surface area contributed by atoms with Crippen molar-refractivity contribution in [2.24, 2.45) is 5.73 Å². The molecular weight excluding hydrogens is 239 g/mol. The molecule has 1 aliphatic heterocycles. The fraction of sp³-hybridized carbons (Fsp3) is 0.625. The molecule has 1 fully saturated rings. The van der Waals surface area contributed by atoms with Gasteiger partial charge in [-0.2, -0.15) is 0 Å². The van der Waals surface area contributed by atoms with Crippen molar-refractivity contribution in [3.63, 3.8) is 0 Å². The molecule has 2 unspecified atom stereocenters. The van der Waals surface area contributed by atoms with Gasteiger partial charge >= 0.3 is 0 Å². The lowest BCUT2D eigenvalue weighted by atomic mass is 9.93. The highest BCUT2D eigenvalue weighted by Gasteiger charge is 2.28. The van der Waals surface area contributed by atoms with Crippen LogP contribution in [-0.2, 0) is 0 Å². The maximum absolute atomic E-state index is 13.0. The van der Waals surface area contributed by atoms with Crippen molar-refractivity contribution in [3.05, 3.63) is 35.6 Å². The Morgan fingerprint density at radius 2 is 2.05 bits per heavy atom. The van der Waals surface area contributed by atoms with E-state index >= 15 is 0 Å². The highest BCUT2D eigenvalue weighted by molar-refractivity contribution is 5.20. The first kappa shape index (κ1) is 14.5. The van der Waals surface area contributed by atoms with E-state index in [0.717, 1.165) is 12.1 Å². The quantitative estimate of drug-likeness (QED) is 0.882. The number of rotatable bonds is 5.